The van der Waals surface area contributed by atoms with Crippen molar-refractivity contribution in [2.24, 2.45) is 0 Å². The smallest absolute Gasteiger partial charge is 0.261 e. The normalized spacial score (nSPS) is 12.8. The minimum absolute atomic E-state index is 0.0548. The summed E-state index contributed by atoms with van der Waals surface area (Å²) in [6.07, 6.45) is 0. The molecule has 1 aromatic carbocycles. The van der Waals surface area contributed by atoms with Crippen LogP contribution in [0.4, 0.5) is 5.69 Å². The Balaban J connectivity index is 2.71. The van der Waals surface area contributed by atoms with Crippen molar-refractivity contribution < 1.29 is 4.74 Å². The highest BCUT2D eigenvalue weighted by Crippen LogP contribution is 2.14. The highest BCUT2D eigenvalue weighted by Gasteiger charge is 2.13. The van der Waals surface area contributed by atoms with Crippen LogP contribution in [0.1, 0.15) is 18.8 Å². The van der Waals surface area contributed by atoms with Gasteiger partial charge in [0.05, 0.1) is 23.6 Å². The SMILES string of the molecule is COCC(C)n1c(C)nc2ccc(N)cc2c1=O. The Hall–Kier alpha value is -1.88. The third-order valence-electron chi connectivity index (χ3n) is 2.95. The molecule has 1 unspecified atom stereocenters. The molecule has 0 fully saturated rings. The van der Waals surface area contributed by atoms with Crippen LogP contribution in [0, 0.1) is 6.92 Å². The van der Waals surface area contributed by atoms with Crippen molar-refractivity contribution in [2.75, 3.05) is 19.5 Å². The van der Waals surface area contributed by atoms with Crippen molar-refractivity contribution in [2.45, 2.75) is 19.9 Å². The van der Waals surface area contributed by atoms with Crippen LogP contribution < -0.4 is 11.3 Å². The molecular formula is C13H17N3O2. The lowest BCUT2D eigenvalue weighted by Gasteiger charge is -2.17. The topological polar surface area (TPSA) is 70.1 Å². The summed E-state index contributed by atoms with van der Waals surface area (Å²) in [4.78, 5) is 16.9. The molecule has 5 nitrogen and oxygen atoms in total. The van der Waals surface area contributed by atoms with Gasteiger partial charge in [-0.05, 0) is 32.0 Å². The fraction of sp³-hybridized carbons (Fsp3) is 0.385. The van der Waals surface area contributed by atoms with Gasteiger partial charge in [0, 0.05) is 12.8 Å². The zero-order chi connectivity index (χ0) is 13.3. The van der Waals surface area contributed by atoms with Gasteiger partial charge in [-0.2, -0.15) is 0 Å². The summed E-state index contributed by atoms with van der Waals surface area (Å²) in [5, 5.41) is 0.545. The number of nitrogens with two attached hydrogens (primary N) is 1. The number of nitrogen functional groups attached to an aromatic ring is 1. The van der Waals surface area contributed by atoms with Crippen LogP contribution in [-0.2, 0) is 4.74 Å². The fourth-order valence-electron chi connectivity index (χ4n) is 2.16. The predicted molar refractivity (Wildman–Crippen MR) is 71.7 cm³/mol. The summed E-state index contributed by atoms with van der Waals surface area (Å²) in [5.41, 5.74) is 6.88. The largest absolute Gasteiger partial charge is 0.399 e. The lowest BCUT2D eigenvalue weighted by molar-refractivity contribution is 0.159. The average Bonchev–Trinajstić information content (AvgIpc) is 2.31. The first-order valence-corrected chi connectivity index (χ1v) is 5.82. The highest BCUT2D eigenvalue weighted by molar-refractivity contribution is 5.81. The Morgan fingerprint density at radius 2 is 2.22 bits per heavy atom. The molecule has 2 N–H and O–H groups in total. The van der Waals surface area contributed by atoms with E-state index in [1.54, 1.807) is 29.9 Å². The maximum absolute atomic E-state index is 12.4. The van der Waals surface area contributed by atoms with E-state index in [0.29, 0.717) is 29.0 Å². The van der Waals surface area contributed by atoms with Crippen molar-refractivity contribution >= 4 is 16.6 Å². The Morgan fingerprint density at radius 1 is 1.50 bits per heavy atom. The number of ether oxygens (including phenoxy) is 1. The first-order valence-electron chi connectivity index (χ1n) is 5.82. The predicted octanol–water partition coefficient (Wildman–Crippen LogP) is 1.49. The van der Waals surface area contributed by atoms with Gasteiger partial charge in [0.25, 0.3) is 5.56 Å². The summed E-state index contributed by atoms with van der Waals surface area (Å²) >= 11 is 0. The molecule has 0 amide bonds. The fourth-order valence-corrected chi connectivity index (χ4v) is 2.16. The summed E-state index contributed by atoms with van der Waals surface area (Å²) in [6, 6.07) is 5.13. The molecule has 0 saturated heterocycles. The molecule has 1 aromatic heterocycles. The molecule has 18 heavy (non-hydrogen) atoms. The van der Waals surface area contributed by atoms with E-state index in [-0.39, 0.29) is 11.6 Å². The molecule has 5 heteroatoms. The molecule has 0 spiro atoms. The molecule has 2 rings (SSSR count). The number of nitrogens with zero attached hydrogens (tertiary/aromatic N) is 2. The number of hydrogen-bond acceptors (Lipinski definition) is 4. The van der Waals surface area contributed by atoms with E-state index in [4.69, 9.17) is 10.5 Å². The molecule has 0 aliphatic rings. The number of rotatable bonds is 3. The number of hydrogen-bond donors (Lipinski definition) is 1. The van der Waals surface area contributed by atoms with Gasteiger partial charge >= 0.3 is 0 Å². The molecule has 96 valence electrons. The molecule has 0 bridgehead atoms. The van der Waals surface area contributed by atoms with Gasteiger partial charge in [-0.1, -0.05) is 0 Å². The van der Waals surface area contributed by atoms with E-state index in [9.17, 15) is 4.79 Å². The van der Waals surface area contributed by atoms with Crippen molar-refractivity contribution in [3.05, 3.63) is 34.4 Å². The zero-order valence-corrected chi connectivity index (χ0v) is 10.8. The summed E-state index contributed by atoms with van der Waals surface area (Å²) < 4.78 is 6.74. The summed E-state index contributed by atoms with van der Waals surface area (Å²) in [6.45, 7) is 4.22. The summed E-state index contributed by atoms with van der Waals surface area (Å²) in [5.74, 6) is 0.682. The molecule has 1 heterocycles. The van der Waals surface area contributed by atoms with E-state index < -0.39 is 0 Å². The second kappa shape index (κ2) is 4.78. The van der Waals surface area contributed by atoms with E-state index in [1.165, 1.54) is 0 Å². The molecule has 0 radical (unpaired) electrons. The van der Waals surface area contributed by atoms with Crippen LogP contribution >= 0.6 is 0 Å². The van der Waals surface area contributed by atoms with Crippen molar-refractivity contribution in [1.82, 2.24) is 9.55 Å². The third-order valence-corrected chi connectivity index (χ3v) is 2.95. The number of aryl methyl sites for hydroxylation is 1. The Morgan fingerprint density at radius 3 is 2.89 bits per heavy atom. The number of fused-ring (bicyclic) bond motifs is 1. The van der Waals surface area contributed by atoms with Gasteiger partial charge < -0.3 is 10.5 Å². The Labute approximate surface area is 105 Å². The van der Waals surface area contributed by atoms with Gasteiger partial charge in [0.2, 0.25) is 0 Å². The van der Waals surface area contributed by atoms with E-state index in [2.05, 4.69) is 4.98 Å². The maximum atomic E-state index is 12.4. The lowest BCUT2D eigenvalue weighted by atomic mass is 10.2. The minimum atomic E-state index is -0.0747. The Kier molecular flexibility index (Phi) is 3.34. The van der Waals surface area contributed by atoms with Crippen LogP contribution in [0.3, 0.4) is 0 Å². The zero-order valence-electron chi connectivity index (χ0n) is 10.8. The number of benzene rings is 1. The van der Waals surface area contributed by atoms with Gasteiger partial charge in [-0.3, -0.25) is 9.36 Å². The van der Waals surface area contributed by atoms with Crippen LogP contribution in [0.5, 0.6) is 0 Å². The standard InChI is InChI=1S/C13H17N3O2/c1-8(7-18-3)16-9(2)15-12-5-4-10(14)6-11(12)13(16)17/h4-6,8H,7,14H2,1-3H3. The number of methoxy groups -OCH3 is 1. The minimum Gasteiger partial charge on any atom is -0.399 e. The van der Waals surface area contributed by atoms with E-state index in [0.717, 1.165) is 0 Å². The van der Waals surface area contributed by atoms with Crippen molar-refractivity contribution in [3.63, 3.8) is 0 Å². The van der Waals surface area contributed by atoms with Crippen LogP contribution in [0.2, 0.25) is 0 Å². The van der Waals surface area contributed by atoms with Crippen molar-refractivity contribution in [3.8, 4) is 0 Å². The second-order valence-corrected chi connectivity index (χ2v) is 4.42. The molecular weight excluding hydrogens is 230 g/mol. The quantitative estimate of drug-likeness (QED) is 0.834. The maximum Gasteiger partial charge on any atom is 0.261 e. The van der Waals surface area contributed by atoms with Crippen molar-refractivity contribution in [1.29, 1.82) is 0 Å². The van der Waals surface area contributed by atoms with Gasteiger partial charge in [-0.25, -0.2) is 4.98 Å². The Bertz CT molecular complexity index is 634. The van der Waals surface area contributed by atoms with E-state index >= 15 is 0 Å². The van der Waals surface area contributed by atoms with Crippen LogP contribution in [-0.4, -0.2) is 23.3 Å². The van der Waals surface area contributed by atoms with Gasteiger partial charge in [0.15, 0.2) is 0 Å². The second-order valence-electron chi connectivity index (χ2n) is 4.42. The first-order chi connectivity index (χ1) is 8.54. The molecule has 0 aliphatic heterocycles. The molecule has 1 atom stereocenters. The lowest BCUT2D eigenvalue weighted by Crippen LogP contribution is -2.29. The highest BCUT2D eigenvalue weighted by atomic mass is 16.5. The number of aromatic nitrogens is 2. The monoisotopic (exact) mass is 247 g/mol. The first kappa shape index (κ1) is 12.6. The van der Waals surface area contributed by atoms with E-state index in [1.807, 2.05) is 13.8 Å². The molecule has 0 saturated carbocycles. The third kappa shape index (κ3) is 2.09. The van der Waals surface area contributed by atoms with Gasteiger partial charge in [0.1, 0.15) is 5.82 Å². The van der Waals surface area contributed by atoms with Gasteiger partial charge in [-0.15, -0.1) is 0 Å². The number of anilines is 1. The molecule has 0 aliphatic carbocycles. The summed E-state index contributed by atoms with van der Waals surface area (Å²) in [7, 11) is 1.61. The average molecular weight is 247 g/mol. The molecule has 2 aromatic rings. The van der Waals surface area contributed by atoms with Crippen LogP contribution in [0.15, 0.2) is 23.0 Å². The van der Waals surface area contributed by atoms with Crippen LogP contribution in [0.25, 0.3) is 10.9 Å².